The van der Waals surface area contributed by atoms with Crippen LogP contribution < -0.4 is 5.32 Å². The van der Waals surface area contributed by atoms with Crippen LogP contribution in [0.25, 0.3) is 0 Å². The first-order valence-electron chi connectivity index (χ1n) is 7.15. The third kappa shape index (κ3) is 7.17. The number of carboxylic acids is 1. The lowest BCUT2D eigenvalue weighted by Crippen LogP contribution is -2.45. The lowest BCUT2D eigenvalue weighted by molar-refractivity contribution is -0.140. The zero-order chi connectivity index (χ0) is 18.5. The van der Waals surface area contributed by atoms with Gasteiger partial charge < -0.3 is 15.2 Å². The van der Waals surface area contributed by atoms with E-state index in [9.17, 15) is 23.2 Å². The summed E-state index contributed by atoms with van der Waals surface area (Å²) in [5, 5.41) is 11.0. The number of hydrogen-bond donors (Lipinski definition) is 2. The molecular formula is C16H19F2NO5. The average Bonchev–Trinajstić information content (AvgIpc) is 2.33. The van der Waals surface area contributed by atoms with Crippen LogP contribution in [0.15, 0.2) is 18.2 Å². The highest BCUT2D eigenvalue weighted by Crippen LogP contribution is 2.13. The second kappa shape index (κ2) is 7.85. The molecule has 6 nitrogen and oxygen atoms in total. The van der Waals surface area contributed by atoms with E-state index >= 15 is 0 Å². The van der Waals surface area contributed by atoms with Crippen molar-refractivity contribution >= 4 is 17.8 Å². The molecule has 0 radical (unpaired) electrons. The van der Waals surface area contributed by atoms with Crippen molar-refractivity contribution in [1.29, 1.82) is 0 Å². The maximum atomic E-state index is 13.2. The normalized spacial score (nSPS) is 12.4. The number of Topliss-reactive ketones (excluding diaryl/α,β-unsaturated/α-hetero) is 1. The van der Waals surface area contributed by atoms with Crippen LogP contribution in [0.5, 0.6) is 0 Å². The molecule has 0 fully saturated rings. The van der Waals surface area contributed by atoms with E-state index in [1.807, 2.05) is 0 Å². The minimum atomic E-state index is -1.37. The fraction of sp³-hybridized carbons (Fsp3) is 0.438. The molecule has 1 atom stereocenters. The van der Waals surface area contributed by atoms with Gasteiger partial charge >= 0.3 is 12.1 Å². The molecule has 0 aliphatic rings. The predicted molar refractivity (Wildman–Crippen MR) is 80.5 cm³/mol. The minimum Gasteiger partial charge on any atom is -0.481 e. The van der Waals surface area contributed by atoms with Gasteiger partial charge in [-0.1, -0.05) is 0 Å². The molecule has 0 aliphatic carbocycles. The molecule has 1 aromatic carbocycles. The largest absolute Gasteiger partial charge is 0.481 e. The summed E-state index contributed by atoms with van der Waals surface area (Å²) in [6, 6.07) is 1.39. The number of ether oxygens (including phenoxy) is 1. The monoisotopic (exact) mass is 343 g/mol. The van der Waals surface area contributed by atoms with Crippen LogP contribution in [0.2, 0.25) is 0 Å². The van der Waals surface area contributed by atoms with Gasteiger partial charge in [0.2, 0.25) is 0 Å². The van der Waals surface area contributed by atoms with Crippen molar-refractivity contribution in [2.45, 2.75) is 45.3 Å². The minimum absolute atomic E-state index is 0.104. The summed E-state index contributed by atoms with van der Waals surface area (Å²) in [4.78, 5) is 34.5. The molecule has 1 aromatic rings. The number of amides is 1. The van der Waals surface area contributed by atoms with Crippen LogP contribution in [0, 0.1) is 11.6 Å². The van der Waals surface area contributed by atoms with Crippen molar-refractivity contribution < 1.29 is 33.0 Å². The van der Waals surface area contributed by atoms with E-state index in [0.717, 1.165) is 12.1 Å². The fourth-order valence-corrected chi connectivity index (χ4v) is 1.93. The molecule has 0 spiro atoms. The van der Waals surface area contributed by atoms with Crippen molar-refractivity contribution in [3.05, 3.63) is 35.4 Å². The van der Waals surface area contributed by atoms with Crippen molar-refractivity contribution in [2.75, 3.05) is 0 Å². The van der Waals surface area contributed by atoms with E-state index < -0.39 is 47.5 Å². The number of ketones is 1. The van der Waals surface area contributed by atoms with Crippen LogP contribution in [-0.4, -0.2) is 34.6 Å². The lowest BCUT2D eigenvalue weighted by Gasteiger charge is -2.23. The van der Waals surface area contributed by atoms with Crippen molar-refractivity contribution in [2.24, 2.45) is 0 Å². The summed E-state index contributed by atoms with van der Waals surface area (Å²) in [6.45, 7) is 4.84. The first kappa shape index (κ1) is 19.5. The number of alkyl carbamates (subject to hydrolysis) is 1. The van der Waals surface area contributed by atoms with E-state index in [1.54, 1.807) is 20.8 Å². The Hall–Kier alpha value is -2.51. The van der Waals surface area contributed by atoms with Crippen LogP contribution in [-0.2, 0) is 20.7 Å². The molecule has 0 aliphatic heterocycles. The molecule has 8 heteroatoms. The Morgan fingerprint density at radius 2 is 1.71 bits per heavy atom. The van der Waals surface area contributed by atoms with Crippen LogP contribution in [0.3, 0.4) is 0 Å². The summed E-state index contributed by atoms with van der Waals surface area (Å²) in [5.74, 6) is -3.86. The summed E-state index contributed by atoms with van der Waals surface area (Å²) in [5.41, 5.74) is -0.720. The Bertz CT molecular complexity index is 620. The number of carbonyl (C=O) groups is 3. The van der Waals surface area contributed by atoms with Crippen molar-refractivity contribution in [3.63, 3.8) is 0 Å². The number of carbonyl (C=O) groups excluding carboxylic acids is 2. The van der Waals surface area contributed by atoms with Gasteiger partial charge in [-0.05, 0) is 38.5 Å². The number of rotatable bonds is 6. The summed E-state index contributed by atoms with van der Waals surface area (Å²) >= 11 is 0. The second-order valence-electron chi connectivity index (χ2n) is 6.22. The number of hydrogen-bond acceptors (Lipinski definition) is 4. The van der Waals surface area contributed by atoms with E-state index in [-0.39, 0.29) is 12.0 Å². The topological polar surface area (TPSA) is 92.7 Å². The second-order valence-corrected chi connectivity index (χ2v) is 6.22. The molecule has 0 saturated heterocycles. The molecule has 24 heavy (non-hydrogen) atoms. The van der Waals surface area contributed by atoms with Gasteiger partial charge in [0.1, 0.15) is 23.7 Å². The molecule has 0 unspecified atom stereocenters. The Balaban J connectivity index is 2.94. The van der Waals surface area contributed by atoms with Crippen molar-refractivity contribution in [3.8, 4) is 0 Å². The van der Waals surface area contributed by atoms with Crippen LogP contribution >= 0.6 is 0 Å². The third-order valence-electron chi connectivity index (χ3n) is 2.77. The molecule has 0 heterocycles. The van der Waals surface area contributed by atoms with E-state index in [4.69, 9.17) is 9.84 Å². The zero-order valence-corrected chi connectivity index (χ0v) is 13.6. The molecule has 0 bridgehead atoms. The first-order chi connectivity index (χ1) is 11.0. The first-order valence-corrected chi connectivity index (χ1v) is 7.15. The van der Waals surface area contributed by atoms with E-state index in [1.165, 1.54) is 0 Å². The van der Waals surface area contributed by atoms with Gasteiger partial charge in [0.15, 0.2) is 5.78 Å². The third-order valence-corrected chi connectivity index (χ3v) is 2.77. The van der Waals surface area contributed by atoms with Gasteiger partial charge in [0.25, 0.3) is 0 Å². The highest BCUT2D eigenvalue weighted by molar-refractivity contribution is 5.99. The Labute approximate surface area is 137 Å². The summed E-state index contributed by atoms with van der Waals surface area (Å²) < 4.78 is 31.5. The van der Waals surface area contributed by atoms with E-state index in [2.05, 4.69) is 5.32 Å². The molecule has 1 rings (SSSR count). The Kier molecular flexibility index (Phi) is 6.39. The Morgan fingerprint density at radius 3 is 2.17 bits per heavy atom. The SMILES string of the molecule is CC(C)(C)OC(=O)N[C@@H](Cc1cc(F)cc(F)c1)C(=O)CC(=O)O. The van der Waals surface area contributed by atoms with Crippen LogP contribution in [0.1, 0.15) is 32.8 Å². The molecule has 0 saturated carbocycles. The highest BCUT2D eigenvalue weighted by atomic mass is 19.1. The number of benzene rings is 1. The zero-order valence-electron chi connectivity index (χ0n) is 13.6. The lowest BCUT2D eigenvalue weighted by atomic mass is 10.0. The number of carboxylic acid groups (broad SMARTS) is 1. The maximum absolute atomic E-state index is 13.2. The fourth-order valence-electron chi connectivity index (χ4n) is 1.93. The standard InChI is InChI=1S/C16H19F2NO5/c1-16(2,3)24-15(23)19-12(13(20)8-14(21)22)6-9-4-10(17)7-11(18)5-9/h4-5,7,12H,6,8H2,1-3H3,(H,19,23)(H,21,22)/t12-/m0/s1. The van der Waals surface area contributed by atoms with Crippen LogP contribution in [0.4, 0.5) is 13.6 Å². The van der Waals surface area contributed by atoms with Gasteiger partial charge in [-0.2, -0.15) is 0 Å². The van der Waals surface area contributed by atoms with Gasteiger partial charge in [0, 0.05) is 12.5 Å². The predicted octanol–water partition coefficient (Wildman–Crippen LogP) is 2.44. The van der Waals surface area contributed by atoms with Gasteiger partial charge in [-0.15, -0.1) is 0 Å². The molecular weight excluding hydrogens is 324 g/mol. The smallest absolute Gasteiger partial charge is 0.408 e. The number of aliphatic carboxylic acids is 1. The van der Waals surface area contributed by atoms with Gasteiger partial charge in [-0.3, -0.25) is 9.59 Å². The van der Waals surface area contributed by atoms with Crippen molar-refractivity contribution in [1.82, 2.24) is 5.32 Å². The molecule has 2 N–H and O–H groups in total. The molecule has 132 valence electrons. The summed E-state index contributed by atoms with van der Waals surface area (Å²) in [6.07, 6.45) is -2.03. The Morgan fingerprint density at radius 1 is 1.17 bits per heavy atom. The molecule has 1 amide bonds. The maximum Gasteiger partial charge on any atom is 0.408 e. The van der Waals surface area contributed by atoms with E-state index in [0.29, 0.717) is 6.07 Å². The number of nitrogens with one attached hydrogen (secondary N) is 1. The molecule has 0 aromatic heterocycles. The quantitative estimate of drug-likeness (QED) is 0.774. The summed E-state index contributed by atoms with van der Waals surface area (Å²) in [7, 11) is 0. The highest BCUT2D eigenvalue weighted by Gasteiger charge is 2.26. The van der Waals surface area contributed by atoms with Gasteiger partial charge in [-0.25, -0.2) is 13.6 Å². The van der Waals surface area contributed by atoms with Gasteiger partial charge in [0.05, 0.1) is 6.04 Å². The number of halogens is 2. The average molecular weight is 343 g/mol.